The molecule has 0 spiro atoms. The average molecular weight is 327 g/mol. The Balaban J connectivity index is 1.94. The zero-order chi connectivity index (χ0) is 15.7. The predicted molar refractivity (Wildman–Crippen MR) is 82.7 cm³/mol. The molecule has 1 atom stereocenters. The second-order valence-corrected chi connectivity index (χ2v) is 6.63. The Bertz CT molecular complexity index is 571. The Labute approximate surface area is 134 Å². The van der Waals surface area contributed by atoms with Crippen LogP contribution in [0.1, 0.15) is 37.7 Å². The van der Waals surface area contributed by atoms with Gasteiger partial charge in [0, 0.05) is 23.2 Å². The summed E-state index contributed by atoms with van der Waals surface area (Å²) < 4.78 is 14.3. The quantitative estimate of drug-likeness (QED) is 0.889. The molecule has 0 aromatic heterocycles. The van der Waals surface area contributed by atoms with Crippen LogP contribution in [0.15, 0.2) is 18.2 Å². The molecule has 120 valence electrons. The van der Waals surface area contributed by atoms with Crippen LogP contribution in [0.2, 0.25) is 5.02 Å². The highest BCUT2D eigenvalue weighted by atomic mass is 35.5. The van der Waals surface area contributed by atoms with Gasteiger partial charge in [-0.2, -0.15) is 0 Å². The third kappa shape index (κ3) is 2.68. The topological polar surface area (TPSA) is 52.6 Å². The molecule has 1 aromatic rings. The lowest BCUT2D eigenvalue weighted by Crippen LogP contribution is -2.57. The van der Waals surface area contributed by atoms with Crippen LogP contribution in [0.5, 0.6) is 0 Å². The van der Waals surface area contributed by atoms with Crippen molar-refractivity contribution < 1.29 is 14.3 Å². The fourth-order valence-electron chi connectivity index (χ4n) is 3.62. The van der Waals surface area contributed by atoms with Gasteiger partial charge < -0.3 is 10.4 Å². The third-order valence-corrected chi connectivity index (χ3v) is 5.16. The van der Waals surface area contributed by atoms with E-state index in [4.69, 9.17) is 11.6 Å². The van der Waals surface area contributed by atoms with Gasteiger partial charge in [0.25, 0.3) is 0 Å². The molecule has 1 saturated heterocycles. The molecule has 2 aliphatic rings. The Hall–Kier alpha value is -1.33. The van der Waals surface area contributed by atoms with E-state index in [-0.39, 0.29) is 11.9 Å². The first-order valence-corrected chi connectivity index (χ1v) is 8.10. The number of amides is 1. The molecule has 0 bridgehead atoms. The number of benzene rings is 1. The largest absolute Gasteiger partial charge is 0.465 e. The maximum Gasteiger partial charge on any atom is 0.408 e. The number of hydrogen-bond acceptors (Lipinski definition) is 2. The van der Waals surface area contributed by atoms with E-state index in [0.717, 1.165) is 25.8 Å². The highest BCUT2D eigenvalue weighted by Gasteiger charge is 2.48. The van der Waals surface area contributed by atoms with Crippen LogP contribution >= 0.6 is 11.6 Å². The zero-order valence-electron chi connectivity index (χ0n) is 12.3. The number of carboxylic acid groups (broad SMARTS) is 1. The second kappa shape index (κ2) is 6.05. The lowest BCUT2D eigenvalue weighted by Gasteiger charge is -2.50. The second-order valence-electron chi connectivity index (χ2n) is 6.20. The SMILES string of the molecule is O=C(O)N(C[C@@H]1CCCN1)C1(c2cc(Cl)ccc2F)CCC1. The standard InChI is InChI=1S/C16H20ClFN2O2/c17-11-4-5-14(18)13(9-11)16(6-2-7-16)20(15(21)22)10-12-3-1-8-19-12/h4-5,9,12,19H,1-3,6-8,10H2,(H,21,22)/t12-/m0/s1. The molecule has 4 nitrogen and oxygen atoms in total. The van der Waals surface area contributed by atoms with Crippen molar-refractivity contribution in [2.75, 3.05) is 13.1 Å². The lowest BCUT2D eigenvalue weighted by molar-refractivity contribution is 0.0125. The van der Waals surface area contributed by atoms with Crippen LogP contribution in [0, 0.1) is 5.82 Å². The molecule has 0 radical (unpaired) electrons. The van der Waals surface area contributed by atoms with Crippen LogP contribution < -0.4 is 5.32 Å². The molecule has 1 aliphatic carbocycles. The summed E-state index contributed by atoms with van der Waals surface area (Å²) in [6.45, 7) is 1.30. The van der Waals surface area contributed by atoms with Gasteiger partial charge in [0.15, 0.2) is 0 Å². The molecule has 3 rings (SSSR count). The van der Waals surface area contributed by atoms with Gasteiger partial charge in [-0.05, 0) is 56.8 Å². The fraction of sp³-hybridized carbons (Fsp3) is 0.562. The smallest absolute Gasteiger partial charge is 0.408 e. The van der Waals surface area contributed by atoms with Gasteiger partial charge in [0.05, 0.1) is 5.54 Å². The van der Waals surface area contributed by atoms with Crippen molar-refractivity contribution in [2.24, 2.45) is 0 Å². The van der Waals surface area contributed by atoms with Crippen molar-refractivity contribution in [1.82, 2.24) is 10.2 Å². The van der Waals surface area contributed by atoms with Crippen LogP contribution in [0.25, 0.3) is 0 Å². The first kappa shape index (κ1) is 15.6. The van der Waals surface area contributed by atoms with Gasteiger partial charge in [0.1, 0.15) is 5.82 Å². The van der Waals surface area contributed by atoms with Crippen LogP contribution in [-0.4, -0.2) is 35.2 Å². The molecule has 2 fully saturated rings. The van der Waals surface area contributed by atoms with E-state index in [1.165, 1.54) is 17.0 Å². The van der Waals surface area contributed by atoms with E-state index >= 15 is 0 Å². The summed E-state index contributed by atoms with van der Waals surface area (Å²) in [5.41, 5.74) is -0.364. The third-order valence-electron chi connectivity index (χ3n) is 4.92. The number of carbonyl (C=O) groups is 1. The van der Waals surface area contributed by atoms with Crippen molar-refractivity contribution in [3.05, 3.63) is 34.6 Å². The molecule has 1 saturated carbocycles. The van der Waals surface area contributed by atoms with E-state index in [2.05, 4.69) is 5.32 Å². The Morgan fingerprint density at radius 3 is 2.77 bits per heavy atom. The highest BCUT2D eigenvalue weighted by molar-refractivity contribution is 6.30. The summed E-state index contributed by atoms with van der Waals surface area (Å²) in [5.74, 6) is -0.380. The number of rotatable bonds is 4. The van der Waals surface area contributed by atoms with Gasteiger partial charge in [-0.25, -0.2) is 9.18 Å². The highest BCUT2D eigenvalue weighted by Crippen LogP contribution is 2.48. The Kier molecular flexibility index (Phi) is 4.28. The number of halogens is 2. The summed E-state index contributed by atoms with van der Waals surface area (Å²) in [6.07, 6.45) is 3.20. The normalized spacial score (nSPS) is 23.1. The van der Waals surface area contributed by atoms with Gasteiger partial charge in [-0.15, -0.1) is 0 Å². The molecular formula is C16H20ClFN2O2. The average Bonchev–Trinajstić information content (AvgIpc) is 2.93. The van der Waals surface area contributed by atoms with Gasteiger partial charge in [0.2, 0.25) is 0 Å². The van der Waals surface area contributed by atoms with E-state index in [9.17, 15) is 14.3 Å². The maximum absolute atomic E-state index is 14.3. The molecule has 22 heavy (non-hydrogen) atoms. The Morgan fingerprint density at radius 2 is 2.23 bits per heavy atom. The number of hydrogen-bond donors (Lipinski definition) is 2. The summed E-state index contributed by atoms with van der Waals surface area (Å²) in [4.78, 5) is 13.3. The monoisotopic (exact) mass is 326 g/mol. The minimum absolute atomic E-state index is 0.149. The first-order valence-electron chi connectivity index (χ1n) is 7.72. The van der Waals surface area contributed by atoms with Crippen LogP contribution in [0.3, 0.4) is 0 Å². The summed E-state index contributed by atoms with van der Waals surface area (Å²) in [6, 6.07) is 4.55. The van der Waals surface area contributed by atoms with Crippen molar-refractivity contribution in [3.63, 3.8) is 0 Å². The molecule has 1 aromatic carbocycles. The molecule has 1 amide bonds. The predicted octanol–water partition coefficient (Wildman–Crippen LogP) is 3.59. The van der Waals surface area contributed by atoms with Crippen molar-refractivity contribution >= 4 is 17.7 Å². The molecular weight excluding hydrogens is 307 g/mol. The molecule has 6 heteroatoms. The molecule has 1 aliphatic heterocycles. The van der Waals surface area contributed by atoms with Gasteiger partial charge in [-0.3, -0.25) is 4.90 Å². The van der Waals surface area contributed by atoms with Gasteiger partial charge >= 0.3 is 6.09 Å². The summed E-state index contributed by atoms with van der Waals surface area (Å²) >= 11 is 6.01. The van der Waals surface area contributed by atoms with Crippen LogP contribution in [0.4, 0.5) is 9.18 Å². The number of nitrogens with zero attached hydrogens (tertiary/aromatic N) is 1. The van der Waals surface area contributed by atoms with E-state index in [1.807, 2.05) is 0 Å². The van der Waals surface area contributed by atoms with Crippen LogP contribution in [-0.2, 0) is 5.54 Å². The number of nitrogens with one attached hydrogen (secondary N) is 1. The van der Waals surface area contributed by atoms with Gasteiger partial charge in [-0.1, -0.05) is 11.6 Å². The lowest BCUT2D eigenvalue weighted by atomic mass is 9.70. The Morgan fingerprint density at radius 1 is 1.45 bits per heavy atom. The van der Waals surface area contributed by atoms with E-state index in [0.29, 0.717) is 30.0 Å². The van der Waals surface area contributed by atoms with Crippen molar-refractivity contribution in [1.29, 1.82) is 0 Å². The first-order chi connectivity index (χ1) is 10.5. The maximum atomic E-state index is 14.3. The molecule has 0 unspecified atom stereocenters. The minimum Gasteiger partial charge on any atom is -0.465 e. The summed E-state index contributed by atoms with van der Waals surface area (Å²) in [7, 11) is 0. The van der Waals surface area contributed by atoms with Crippen molar-refractivity contribution in [2.45, 2.75) is 43.7 Å². The fourth-order valence-corrected chi connectivity index (χ4v) is 3.79. The zero-order valence-corrected chi connectivity index (χ0v) is 13.1. The molecule has 2 N–H and O–H groups in total. The van der Waals surface area contributed by atoms with E-state index < -0.39 is 11.6 Å². The van der Waals surface area contributed by atoms with Crippen molar-refractivity contribution in [3.8, 4) is 0 Å². The summed E-state index contributed by atoms with van der Waals surface area (Å²) in [5, 5.41) is 13.5. The van der Waals surface area contributed by atoms with E-state index in [1.54, 1.807) is 6.07 Å². The molecule has 1 heterocycles. The minimum atomic E-state index is -0.993.